The van der Waals surface area contributed by atoms with Crippen LogP contribution in [0.1, 0.15) is 24.8 Å². The van der Waals surface area contributed by atoms with Gasteiger partial charge in [0.15, 0.2) is 0 Å². The SMILES string of the molecule is COc1ccc(CNC(=O)CC2CCS(=O)(=O)CC2)cc1. The number of carbonyl (C=O) groups is 1. The lowest BCUT2D eigenvalue weighted by Gasteiger charge is -2.21. The Labute approximate surface area is 125 Å². The standard InChI is InChI=1S/C15H21NO4S/c1-20-14-4-2-13(3-5-14)11-16-15(17)10-12-6-8-21(18,19)9-7-12/h2-5,12H,6-11H2,1H3,(H,16,17). The van der Waals surface area contributed by atoms with Crippen molar-refractivity contribution >= 4 is 15.7 Å². The van der Waals surface area contributed by atoms with E-state index in [0.29, 0.717) is 25.8 Å². The predicted molar refractivity (Wildman–Crippen MR) is 80.8 cm³/mol. The second-order valence-corrected chi connectivity index (χ2v) is 7.73. The van der Waals surface area contributed by atoms with Gasteiger partial charge in [0, 0.05) is 13.0 Å². The van der Waals surface area contributed by atoms with E-state index in [4.69, 9.17) is 4.74 Å². The highest BCUT2D eigenvalue weighted by Crippen LogP contribution is 2.21. The number of nitrogens with one attached hydrogen (secondary N) is 1. The monoisotopic (exact) mass is 311 g/mol. The molecule has 1 amide bonds. The summed E-state index contributed by atoms with van der Waals surface area (Å²) in [5.41, 5.74) is 1.01. The summed E-state index contributed by atoms with van der Waals surface area (Å²) in [7, 11) is -1.24. The van der Waals surface area contributed by atoms with Gasteiger partial charge in [-0.15, -0.1) is 0 Å². The highest BCUT2D eigenvalue weighted by atomic mass is 32.2. The molecule has 0 radical (unpaired) electrons. The van der Waals surface area contributed by atoms with Gasteiger partial charge in [0.05, 0.1) is 18.6 Å². The minimum absolute atomic E-state index is 0.0184. The number of amides is 1. The van der Waals surface area contributed by atoms with Crippen molar-refractivity contribution < 1.29 is 17.9 Å². The molecule has 2 rings (SSSR count). The fraction of sp³-hybridized carbons (Fsp3) is 0.533. The number of ether oxygens (including phenoxy) is 1. The number of hydrogen-bond donors (Lipinski definition) is 1. The van der Waals surface area contributed by atoms with Gasteiger partial charge in [-0.25, -0.2) is 8.42 Å². The van der Waals surface area contributed by atoms with Gasteiger partial charge in [-0.05, 0) is 36.5 Å². The van der Waals surface area contributed by atoms with Crippen LogP contribution in [0, 0.1) is 5.92 Å². The Balaban J connectivity index is 1.74. The summed E-state index contributed by atoms with van der Waals surface area (Å²) in [5.74, 6) is 1.38. The Kier molecular flexibility index (Phi) is 5.22. The molecule has 1 N–H and O–H groups in total. The van der Waals surface area contributed by atoms with Crippen molar-refractivity contribution in [3.63, 3.8) is 0 Å². The number of carbonyl (C=O) groups excluding carboxylic acids is 1. The Morgan fingerprint density at radius 3 is 2.43 bits per heavy atom. The predicted octanol–water partition coefficient (Wildman–Crippen LogP) is 1.53. The molecule has 0 aromatic heterocycles. The van der Waals surface area contributed by atoms with Crippen molar-refractivity contribution in [1.29, 1.82) is 0 Å². The zero-order chi connectivity index (χ0) is 15.3. The molecule has 1 aliphatic rings. The van der Waals surface area contributed by atoms with E-state index in [9.17, 15) is 13.2 Å². The molecule has 1 aromatic carbocycles. The number of sulfone groups is 1. The molecule has 0 spiro atoms. The van der Waals surface area contributed by atoms with Crippen LogP contribution in [0.5, 0.6) is 5.75 Å². The highest BCUT2D eigenvalue weighted by Gasteiger charge is 2.25. The summed E-state index contributed by atoms with van der Waals surface area (Å²) < 4.78 is 27.7. The maximum absolute atomic E-state index is 11.9. The smallest absolute Gasteiger partial charge is 0.220 e. The van der Waals surface area contributed by atoms with Gasteiger partial charge in [0.25, 0.3) is 0 Å². The van der Waals surface area contributed by atoms with Crippen LogP contribution in [0.3, 0.4) is 0 Å². The lowest BCUT2D eigenvalue weighted by atomic mass is 9.98. The Bertz CT molecular complexity index is 566. The van der Waals surface area contributed by atoms with Crippen LogP contribution in [0.15, 0.2) is 24.3 Å². The first-order valence-corrected chi connectivity index (χ1v) is 8.91. The lowest BCUT2D eigenvalue weighted by Crippen LogP contribution is -2.29. The normalized spacial score (nSPS) is 18.1. The molecule has 0 unspecified atom stereocenters. The largest absolute Gasteiger partial charge is 0.497 e. The molecule has 21 heavy (non-hydrogen) atoms. The number of methoxy groups -OCH3 is 1. The molecule has 1 fully saturated rings. The molecule has 0 saturated carbocycles. The quantitative estimate of drug-likeness (QED) is 0.895. The van der Waals surface area contributed by atoms with Crippen molar-refractivity contribution in [2.24, 2.45) is 5.92 Å². The summed E-state index contributed by atoms with van der Waals surface area (Å²) in [5, 5.41) is 2.88. The van der Waals surface area contributed by atoms with Crippen LogP contribution in [0.4, 0.5) is 0 Å². The number of hydrogen-bond acceptors (Lipinski definition) is 4. The summed E-state index contributed by atoms with van der Waals surface area (Å²) in [6.07, 6.45) is 1.60. The third-order valence-electron chi connectivity index (χ3n) is 3.80. The third-order valence-corrected chi connectivity index (χ3v) is 5.51. The van der Waals surface area contributed by atoms with Crippen LogP contribution in [0.25, 0.3) is 0 Å². The van der Waals surface area contributed by atoms with Gasteiger partial charge in [-0.2, -0.15) is 0 Å². The van der Waals surface area contributed by atoms with Crippen molar-refractivity contribution in [3.05, 3.63) is 29.8 Å². The molecule has 5 nitrogen and oxygen atoms in total. The van der Waals surface area contributed by atoms with Crippen molar-refractivity contribution in [1.82, 2.24) is 5.32 Å². The summed E-state index contributed by atoms with van der Waals surface area (Å²) in [6, 6.07) is 7.53. The van der Waals surface area contributed by atoms with Crippen molar-refractivity contribution in [3.8, 4) is 5.75 Å². The maximum atomic E-state index is 11.9. The van der Waals surface area contributed by atoms with Crippen LogP contribution in [-0.2, 0) is 21.2 Å². The van der Waals surface area contributed by atoms with Gasteiger partial charge >= 0.3 is 0 Å². The zero-order valence-corrected chi connectivity index (χ0v) is 13.0. The van der Waals surface area contributed by atoms with E-state index >= 15 is 0 Å². The Hall–Kier alpha value is -1.56. The second-order valence-electron chi connectivity index (χ2n) is 5.42. The molecule has 0 atom stereocenters. The maximum Gasteiger partial charge on any atom is 0.220 e. The van der Waals surface area contributed by atoms with Gasteiger partial charge in [0.1, 0.15) is 15.6 Å². The van der Waals surface area contributed by atoms with Crippen LogP contribution in [-0.4, -0.2) is 32.9 Å². The fourth-order valence-corrected chi connectivity index (χ4v) is 4.01. The molecule has 116 valence electrons. The summed E-state index contributed by atoms with van der Waals surface area (Å²) in [6.45, 7) is 0.480. The summed E-state index contributed by atoms with van der Waals surface area (Å²) in [4.78, 5) is 11.9. The van der Waals surface area contributed by atoms with Gasteiger partial charge < -0.3 is 10.1 Å². The average molecular weight is 311 g/mol. The van der Waals surface area contributed by atoms with Crippen molar-refractivity contribution in [2.45, 2.75) is 25.8 Å². The first-order chi connectivity index (χ1) is 9.98. The third kappa shape index (κ3) is 5.04. The molecule has 6 heteroatoms. The number of benzene rings is 1. The minimum atomic E-state index is -2.86. The molecular weight excluding hydrogens is 290 g/mol. The molecule has 1 aromatic rings. The Morgan fingerprint density at radius 1 is 1.24 bits per heavy atom. The van der Waals surface area contributed by atoms with E-state index < -0.39 is 9.84 Å². The first kappa shape index (κ1) is 15.8. The van der Waals surface area contributed by atoms with Crippen LogP contribution in [0.2, 0.25) is 0 Å². The highest BCUT2D eigenvalue weighted by molar-refractivity contribution is 7.91. The summed E-state index contributed by atoms with van der Waals surface area (Å²) >= 11 is 0. The molecule has 0 aliphatic carbocycles. The molecular formula is C15H21NO4S. The average Bonchev–Trinajstić information content (AvgIpc) is 2.48. The van der Waals surface area contributed by atoms with E-state index in [2.05, 4.69) is 5.32 Å². The zero-order valence-electron chi connectivity index (χ0n) is 12.2. The van der Waals surface area contributed by atoms with E-state index in [1.54, 1.807) is 7.11 Å². The first-order valence-electron chi connectivity index (χ1n) is 7.08. The fourth-order valence-electron chi connectivity index (χ4n) is 2.42. The molecule has 0 bridgehead atoms. The molecule has 1 saturated heterocycles. The topological polar surface area (TPSA) is 72.5 Å². The van der Waals surface area contributed by atoms with Gasteiger partial charge in [-0.1, -0.05) is 12.1 Å². The van der Waals surface area contributed by atoms with Crippen molar-refractivity contribution in [2.75, 3.05) is 18.6 Å². The Morgan fingerprint density at radius 2 is 1.86 bits per heavy atom. The molecule has 1 heterocycles. The van der Waals surface area contributed by atoms with Crippen LogP contribution >= 0.6 is 0 Å². The van der Waals surface area contributed by atoms with E-state index in [1.807, 2.05) is 24.3 Å². The minimum Gasteiger partial charge on any atom is -0.497 e. The molecule has 1 aliphatic heterocycles. The van der Waals surface area contributed by atoms with E-state index in [0.717, 1.165) is 11.3 Å². The van der Waals surface area contributed by atoms with E-state index in [-0.39, 0.29) is 23.3 Å². The second kappa shape index (κ2) is 6.93. The van der Waals surface area contributed by atoms with E-state index in [1.165, 1.54) is 0 Å². The van der Waals surface area contributed by atoms with Gasteiger partial charge in [-0.3, -0.25) is 4.79 Å². The van der Waals surface area contributed by atoms with Crippen LogP contribution < -0.4 is 10.1 Å². The van der Waals surface area contributed by atoms with Gasteiger partial charge in [0.2, 0.25) is 5.91 Å². The number of rotatable bonds is 5. The lowest BCUT2D eigenvalue weighted by molar-refractivity contribution is -0.122.